The smallest absolute Gasteiger partial charge is 0.351 e. The molecule has 0 saturated carbocycles. The van der Waals surface area contributed by atoms with Gasteiger partial charge in [-0.05, 0) is 12.5 Å². The van der Waals surface area contributed by atoms with Gasteiger partial charge in [0.05, 0.1) is 6.10 Å². The molecule has 3 N–H and O–H groups in total. The normalized spacial score (nSPS) is 30.6. The highest BCUT2D eigenvalue weighted by atomic mass is 19.3. The summed E-state index contributed by atoms with van der Waals surface area (Å²) in [7, 11) is 0. The lowest BCUT2D eigenvalue weighted by Crippen LogP contribution is -2.41. The average Bonchev–Trinajstić information content (AvgIpc) is 2.52. The van der Waals surface area contributed by atoms with E-state index in [0.717, 1.165) is 6.20 Å². The van der Waals surface area contributed by atoms with E-state index in [1.165, 1.54) is 6.07 Å². The molecular weight excluding hydrogens is 248 g/mol. The van der Waals surface area contributed by atoms with E-state index in [9.17, 15) is 18.7 Å². The number of rotatable bonds is 2. The van der Waals surface area contributed by atoms with E-state index in [1.807, 2.05) is 0 Å². The molecule has 0 spiro atoms. The third-order valence-corrected chi connectivity index (χ3v) is 2.89. The Kier molecular flexibility index (Phi) is 3.07. The summed E-state index contributed by atoms with van der Waals surface area (Å²) in [5, 5.41) is 9.46. The third kappa shape index (κ3) is 1.87. The largest absolute Gasteiger partial charge is 0.384 e. The van der Waals surface area contributed by atoms with Gasteiger partial charge in [0.15, 0.2) is 0 Å². The van der Waals surface area contributed by atoms with Gasteiger partial charge in [-0.1, -0.05) is 6.92 Å². The van der Waals surface area contributed by atoms with Crippen LogP contribution in [0.1, 0.15) is 19.6 Å². The van der Waals surface area contributed by atoms with Crippen LogP contribution in [0.3, 0.4) is 0 Å². The van der Waals surface area contributed by atoms with Gasteiger partial charge in [0.2, 0.25) is 6.23 Å². The van der Waals surface area contributed by atoms with Crippen molar-refractivity contribution in [2.45, 2.75) is 37.7 Å². The van der Waals surface area contributed by atoms with Crippen LogP contribution in [0.2, 0.25) is 0 Å². The molecule has 1 unspecified atom stereocenters. The number of nitrogen functional groups attached to an aromatic ring is 1. The van der Waals surface area contributed by atoms with Crippen molar-refractivity contribution < 1.29 is 18.6 Å². The summed E-state index contributed by atoms with van der Waals surface area (Å²) < 4.78 is 33.3. The van der Waals surface area contributed by atoms with Crippen molar-refractivity contribution in [2.24, 2.45) is 0 Å². The highest BCUT2D eigenvalue weighted by Gasteiger charge is 2.59. The molecule has 2 heterocycles. The first kappa shape index (κ1) is 12.9. The van der Waals surface area contributed by atoms with Crippen LogP contribution >= 0.6 is 0 Å². The molecule has 0 amide bonds. The minimum absolute atomic E-state index is 0.0647. The number of nitrogens with two attached hydrogens (primary N) is 1. The molecule has 1 fully saturated rings. The molecule has 6 nitrogen and oxygen atoms in total. The van der Waals surface area contributed by atoms with Crippen LogP contribution in [0.25, 0.3) is 0 Å². The zero-order chi connectivity index (χ0) is 13.5. The fourth-order valence-corrected chi connectivity index (χ4v) is 1.90. The number of nitrogens with zero attached hydrogens (tertiary/aromatic N) is 2. The Morgan fingerprint density at radius 3 is 2.83 bits per heavy atom. The molecule has 8 heteroatoms. The Morgan fingerprint density at radius 1 is 1.67 bits per heavy atom. The van der Waals surface area contributed by atoms with Crippen LogP contribution < -0.4 is 11.4 Å². The SMILES string of the molecule is CC[C@H]1OC(n2ccc(N)nc2=O)C(F)(F)[C@H]1O. The van der Waals surface area contributed by atoms with E-state index in [2.05, 4.69) is 4.98 Å². The summed E-state index contributed by atoms with van der Waals surface area (Å²) in [5.41, 5.74) is 4.33. The number of halogens is 2. The van der Waals surface area contributed by atoms with Crippen molar-refractivity contribution in [2.75, 3.05) is 5.73 Å². The second-order valence-corrected chi connectivity index (χ2v) is 4.10. The second-order valence-electron chi connectivity index (χ2n) is 4.10. The summed E-state index contributed by atoms with van der Waals surface area (Å²) >= 11 is 0. The van der Waals surface area contributed by atoms with Crippen LogP contribution in [-0.4, -0.2) is 32.8 Å². The Morgan fingerprint density at radius 2 is 2.33 bits per heavy atom. The summed E-state index contributed by atoms with van der Waals surface area (Å²) in [6.07, 6.45) is -3.54. The molecule has 100 valence electrons. The van der Waals surface area contributed by atoms with Gasteiger partial charge >= 0.3 is 11.6 Å². The minimum atomic E-state index is -3.55. The zero-order valence-electron chi connectivity index (χ0n) is 9.59. The van der Waals surface area contributed by atoms with Crippen LogP contribution in [0, 0.1) is 0 Å². The van der Waals surface area contributed by atoms with Crippen molar-refractivity contribution in [3.8, 4) is 0 Å². The van der Waals surface area contributed by atoms with E-state index >= 15 is 0 Å². The van der Waals surface area contributed by atoms with Gasteiger partial charge in [-0.15, -0.1) is 0 Å². The molecule has 18 heavy (non-hydrogen) atoms. The third-order valence-electron chi connectivity index (χ3n) is 2.89. The van der Waals surface area contributed by atoms with E-state index in [0.29, 0.717) is 4.57 Å². The number of aliphatic hydroxyl groups excluding tert-OH is 1. The van der Waals surface area contributed by atoms with Gasteiger partial charge in [-0.2, -0.15) is 13.8 Å². The van der Waals surface area contributed by atoms with Crippen molar-refractivity contribution in [1.82, 2.24) is 9.55 Å². The first-order valence-corrected chi connectivity index (χ1v) is 5.44. The molecule has 1 aliphatic heterocycles. The first-order valence-electron chi connectivity index (χ1n) is 5.44. The van der Waals surface area contributed by atoms with Crippen molar-refractivity contribution in [3.05, 3.63) is 22.7 Å². The van der Waals surface area contributed by atoms with E-state index < -0.39 is 30.0 Å². The molecule has 0 radical (unpaired) electrons. The average molecular weight is 261 g/mol. The van der Waals surface area contributed by atoms with Gasteiger partial charge in [0.25, 0.3) is 0 Å². The Bertz CT molecular complexity index is 505. The number of ether oxygens (including phenoxy) is 1. The zero-order valence-corrected chi connectivity index (χ0v) is 9.59. The van der Waals surface area contributed by atoms with Crippen LogP contribution in [-0.2, 0) is 4.74 Å². The van der Waals surface area contributed by atoms with Gasteiger partial charge in [0, 0.05) is 6.20 Å². The maximum absolute atomic E-state index is 13.8. The molecule has 1 aliphatic rings. The molecule has 3 atom stereocenters. The molecule has 0 bridgehead atoms. The maximum Gasteiger partial charge on any atom is 0.351 e. The van der Waals surface area contributed by atoms with Gasteiger partial charge in [-0.3, -0.25) is 4.57 Å². The number of aromatic nitrogens is 2. The molecule has 1 aromatic heterocycles. The standard InChI is InChI=1S/C10H13F2N3O3/c1-2-5-7(16)10(11,12)8(18-5)15-4-3-6(13)14-9(15)17/h3-5,7-8,16H,2H2,1H3,(H2,13,14,17)/t5-,7+,8?/m1/s1. The second kappa shape index (κ2) is 4.29. The highest BCUT2D eigenvalue weighted by molar-refractivity contribution is 5.23. The summed E-state index contributed by atoms with van der Waals surface area (Å²) in [6.45, 7) is 1.61. The van der Waals surface area contributed by atoms with E-state index in [-0.39, 0.29) is 12.2 Å². The van der Waals surface area contributed by atoms with Crippen molar-refractivity contribution >= 4 is 5.82 Å². The number of alkyl halides is 2. The molecular formula is C10H13F2N3O3. The summed E-state index contributed by atoms with van der Waals surface area (Å²) in [5.74, 6) is -3.62. The highest BCUT2D eigenvalue weighted by Crippen LogP contribution is 2.42. The lowest BCUT2D eigenvalue weighted by atomic mass is 10.1. The van der Waals surface area contributed by atoms with Crippen molar-refractivity contribution in [1.29, 1.82) is 0 Å². The van der Waals surface area contributed by atoms with E-state index in [4.69, 9.17) is 10.5 Å². The Labute approximate surface area is 101 Å². The summed E-state index contributed by atoms with van der Waals surface area (Å²) in [6, 6.07) is 1.21. The quantitative estimate of drug-likeness (QED) is 0.789. The van der Waals surface area contributed by atoms with Gasteiger partial charge in [-0.25, -0.2) is 4.79 Å². The van der Waals surface area contributed by atoms with Crippen LogP contribution in [0.15, 0.2) is 17.1 Å². The maximum atomic E-state index is 13.8. The van der Waals surface area contributed by atoms with Gasteiger partial charge < -0.3 is 15.6 Å². The Balaban J connectivity index is 2.42. The minimum Gasteiger partial charge on any atom is -0.384 e. The molecule has 0 aromatic carbocycles. The van der Waals surface area contributed by atoms with Crippen molar-refractivity contribution in [3.63, 3.8) is 0 Å². The summed E-state index contributed by atoms with van der Waals surface area (Å²) in [4.78, 5) is 14.8. The van der Waals surface area contributed by atoms with E-state index in [1.54, 1.807) is 6.92 Å². The lowest BCUT2D eigenvalue weighted by Gasteiger charge is -2.20. The molecule has 0 aliphatic carbocycles. The number of hydrogen-bond acceptors (Lipinski definition) is 5. The number of anilines is 1. The lowest BCUT2D eigenvalue weighted by molar-refractivity contribution is -0.140. The number of aliphatic hydroxyl groups is 1. The van der Waals surface area contributed by atoms with Crippen LogP contribution in [0.4, 0.5) is 14.6 Å². The van der Waals surface area contributed by atoms with Gasteiger partial charge in [0.1, 0.15) is 11.9 Å². The first-order chi connectivity index (χ1) is 8.37. The fourth-order valence-electron chi connectivity index (χ4n) is 1.90. The Hall–Kier alpha value is -1.54. The monoisotopic (exact) mass is 261 g/mol. The predicted molar refractivity (Wildman–Crippen MR) is 58.1 cm³/mol. The topological polar surface area (TPSA) is 90.4 Å². The molecule has 1 aromatic rings. The molecule has 2 rings (SSSR count). The fraction of sp³-hybridized carbons (Fsp3) is 0.600. The predicted octanol–water partition coefficient (Wildman–Crippen LogP) is 0.129. The molecule has 1 saturated heterocycles. The number of hydrogen-bond donors (Lipinski definition) is 2. The van der Waals surface area contributed by atoms with Crippen LogP contribution in [0.5, 0.6) is 0 Å².